The Morgan fingerprint density at radius 3 is 2.56 bits per heavy atom. The molecule has 0 saturated heterocycles. The number of rotatable bonds is 4. The lowest BCUT2D eigenvalue weighted by molar-refractivity contribution is -0.384. The van der Waals surface area contributed by atoms with Crippen LogP contribution in [0.25, 0.3) is 11.3 Å². The van der Waals surface area contributed by atoms with Crippen molar-refractivity contribution in [3.63, 3.8) is 0 Å². The van der Waals surface area contributed by atoms with Crippen molar-refractivity contribution >= 4 is 17.6 Å². The van der Waals surface area contributed by atoms with Gasteiger partial charge in [-0.2, -0.15) is 0 Å². The Morgan fingerprint density at radius 2 is 1.85 bits per heavy atom. The van der Waals surface area contributed by atoms with Crippen LogP contribution in [0.3, 0.4) is 0 Å². The quantitative estimate of drug-likeness (QED) is 0.370. The molecule has 0 aliphatic heterocycles. The molecular weight excluding hydrogens is 344 g/mol. The second kappa shape index (κ2) is 7.07. The van der Waals surface area contributed by atoms with E-state index in [4.69, 9.17) is 4.42 Å². The second-order valence-electron chi connectivity index (χ2n) is 7.19. The highest BCUT2D eigenvalue weighted by molar-refractivity contribution is 5.81. The van der Waals surface area contributed by atoms with Gasteiger partial charge in [-0.1, -0.05) is 39.0 Å². The van der Waals surface area contributed by atoms with Gasteiger partial charge in [0.05, 0.1) is 16.7 Å². The molecule has 3 aromatic rings. The molecule has 0 unspecified atom stereocenters. The minimum atomic E-state index is -0.443. The molecule has 27 heavy (non-hydrogen) atoms. The summed E-state index contributed by atoms with van der Waals surface area (Å²) in [5, 5.41) is 21.2. The summed E-state index contributed by atoms with van der Waals surface area (Å²) in [6.45, 7) is 6.25. The number of aromatic hydroxyl groups is 1. The first-order chi connectivity index (χ1) is 12.8. The molecule has 1 N–H and O–H groups in total. The van der Waals surface area contributed by atoms with E-state index in [9.17, 15) is 15.2 Å². The predicted molar refractivity (Wildman–Crippen MR) is 105 cm³/mol. The number of aliphatic imine (C=N–C) groups is 1. The minimum absolute atomic E-state index is 0.0224. The highest BCUT2D eigenvalue weighted by atomic mass is 16.6. The summed E-state index contributed by atoms with van der Waals surface area (Å²) >= 11 is 0. The van der Waals surface area contributed by atoms with Gasteiger partial charge in [0.1, 0.15) is 23.0 Å². The minimum Gasteiger partial charge on any atom is -0.506 e. The fourth-order valence-electron chi connectivity index (χ4n) is 2.63. The number of furan rings is 1. The molecule has 0 bridgehead atoms. The van der Waals surface area contributed by atoms with E-state index in [1.807, 2.05) is 12.1 Å². The lowest BCUT2D eigenvalue weighted by Crippen LogP contribution is -2.10. The van der Waals surface area contributed by atoms with Crippen molar-refractivity contribution in [2.24, 2.45) is 4.99 Å². The van der Waals surface area contributed by atoms with E-state index < -0.39 is 4.92 Å². The van der Waals surface area contributed by atoms with Crippen LogP contribution in [0.2, 0.25) is 0 Å². The molecule has 0 amide bonds. The maximum atomic E-state index is 11.2. The van der Waals surface area contributed by atoms with Gasteiger partial charge in [-0.25, -0.2) is 4.99 Å². The molecule has 138 valence electrons. The number of phenolic OH excluding ortho intramolecular Hbond substituents is 1. The zero-order valence-electron chi connectivity index (χ0n) is 15.3. The summed E-state index contributed by atoms with van der Waals surface area (Å²) in [5.74, 6) is 0.893. The maximum Gasteiger partial charge on any atom is 0.280 e. The fraction of sp³-hybridized carbons (Fsp3) is 0.190. The van der Waals surface area contributed by atoms with Gasteiger partial charge in [0.15, 0.2) is 0 Å². The third kappa shape index (κ3) is 4.06. The van der Waals surface area contributed by atoms with E-state index in [2.05, 4.69) is 25.8 Å². The summed E-state index contributed by atoms with van der Waals surface area (Å²) in [6.07, 6.45) is 1.49. The van der Waals surface area contributed by atoms with Gasteiger partial charge in [-0.15, -0.1) is 0 Å². The van der Waals surface area contributed by atoms with E-state index >= 15 is 0 Å². The van der Waals surface area contributed by atoms with E-state index in [1.54, 1.807) is 36.4 Å². The van der Waals surface area contributed by atoms with Crippen LogP contribution in [0.5, 0.6) is 5.75 Å². The number of nitrogens with zero attached hydrogens (tertiary/aromatic N) is 2. The van der Waals surface area contributed by atoms with Gasteiger partial charge in [0.25, 0.3) is 5.69 Å². The Bertz CT molecular complexity index is 1010. The first kappa shape index (κ1) is 18.4. The largest absolute Gasteiger partial charge is 0.506 e. The molecule has 3 rings (SSSR count). The summed E-state index contributed by atoms with van der Waals surface area (Å²) in [7, 11) is 0. The average Bonchev–Trinajstić information content (AvgIpc) is 3.09. The standard InChI is InChI=1S/C21H20N2O4/c1-21(2,3)14-8-10-19(24)17(12-14)22-13-15-9-11-20(27-15)16-6-4-5-7-18(16)23(25)26/h4-13,24H,1-3H3/b22-13+. The maximum absolute atomic E-state index is 11.2. The number of nitro benzene ring substituents is 1. The van der Waals surface area contributed by atoms with Gasteiger partial charge >= 0.3 is 0 Å². The van der Waals surface area contributed by atoms with Gasteiger partial charge in [-0.05, 0) is 41.3 Å². The number of benzene rings is 2. The number of hydrogen-bond donors (Lipinski definition) is 1. The van der Waals surface area contributed by atoms with Crippen LogP contribution >= 0.6 is 0 Å². The van der Waals surface area contributed by atoms with Crippen molar-refractivity contribution in [3.8, 4) is 17.1 Å². The summed E-state index contributed by atoms with van der Waals surface area (Å²) in [4.78, 5) is 15.0. The molecule has 6 heteroatoms. The Hall–Kier alpha value is -3.41. The van der Waals surface area contributed by atoms with Crippen LogP contribution in [-0.2, 0) is 5.41 Å². The Labute approximate surface area is 157 Å². The van der Waals surface area contributed by atoms with E-state index in [1.165, 1.54) is 12.3 Å². The van der Waals surface area contributed by atoms with Crippen molar-refractivity contribution < 1.29 is 14.4 Å². The highest BCUT2D eigenvalue weighted by Crippen LogP contribution is 2.33. The van der Waals surface area contributed by atoms with E-state index in [0.717, 1.165) is 5.56 Å². The second-order valence-corrected chi connectivity index (χ2v) is 7.19. The zero-order valence-corrected chi connectivity index (χ0v) is 15.3. The topological polar surface area (TPSA) is 88.9 Å². The van der Waals surface area contributed by atoms with Gasteiger partial charge in [-0.3, -0.25) is 10.1 Å². The number of hydrogen-bond acceptors (Lipinski definition) is 5. The highest BCUT2D eigenvalue weighted by Gasteiger charge is 2.17. The molecule has 0 saturated carbocycles. The number of phenols is 1. The molecule has 1 aromatic heterocycles. The van der Waals surface area contributed by atoms with Crippen LogP contribution in [0.4, 0.5) is 11.4 Å². The van der Waals surface area contributed by atoms with Crippen LogP contribution in [0.15, 0.2) is 64.0 Å². The lowest BCUT2D eigenvalue weighted by atomic mass is 9.87. The Balaban J connectivity index is 1.90. The first-order valence-corrected chi connectivity index (χ1v) is 8.47. The van der Waals surface area contributed by atoms with Crippen LogP contribution in [0, 0.1) is 10.1 Å². The average molecular weight is 364 g/mol. The third-order valence-corrected chi connectivity index (χ3v) is 4.17. The zero-order chi connectivity index (χ0) is 19.6. The molecule has 0 spiro atoms. The van der Waals surface area contributed by atoms with E-state index in [0.29, 0.717) is 22.8 Å². The molecule has 0 fully saturated rings. The lowest BCUT2D eigenvalue weighted by Gasteiger charge is -2.19. The normalized spacial score (nSPS) is 11.8. The van der Waals surface area contributed by atoms with Crippen molar-refractivity contribution in [3.05, 3.63) is 76.0 Å². The van der Waals surface area contributed by atoms with Crippen molar-refractivity contribution in [2.45, 2.75) is 26.2 Å². The van der Waals surface area contributed by atoms with Crippen molar-refractivity contribution in [1.82, 2.24) is 0 Å². The summed E-state index contributed by atoms with van der Waals surface area (Å²) < 4.78 is 5.68. The van der Waals surface area contributed by atoms with Crippen molar-refractivity contribution in [1.29, 1.82) is 0 Å². The molecule has 0 aliphatic carbocycles. The predicted octanol–water partition coefficient (Wildman–Crippen LogP) is 5.61. The molecule has 0 atom stereocenters. The van der Waals surface area contributed by atoms with Crippen molar-refractivity contribution in [2.75, 3.05) is 0 Å². The first-order valence-electron chi connectivity index (χ1n) is 8.47. The van der Waals surface area contributed by atoms with E-state index in [-0.39, 0.29) is 16.9 Å². The summed E-state index contributed by atoms with van der Waals surface area (Å²) in [5.41, 5.74) is 1.80. The molecule has 6 nitrogen and oxygen atoms in total. The summed E-state index contributed by atoms with van der Waals surface area (Å²) in [6, 6.07) is 15.1. The van der Waals surface area contributed by atoms with Gasteiger partial charge in [0, 0.05) is 6.07 Å². The molecular formula is C21H20N2O4. The Kier molecular flexibility index (Phi) is 4.81. The molecule has 1 heterocycles. The smallest absolute Gasteiger partial charge is 0.280 e. The van der Waals surface area contributed by atoms with Crippen LogP contribution in [-0.4, -0.2) is 16.2 Å². The third-order valence-electron chi connectivity index (χ3n) is 4.17. The number of nitro groups is 1. The fourth-order valence-corrected chi connectivity index (χ4v) is 2.63. The Morgan fingerprint density at radius 1 is 1.11 bits per heavy atom. The van der Waals surface area contributed by atoms with Crippen LogP contribution < -0.4 is 0 Å². The van der Waals surface area contributed by atoms with Crippen LogP contribution in [0.1, 0.15) is 32.1 Å². The van der Waals surface area contributed by atoms with Gasteiger partial charge < -0.3 is 9.52 Å². The SMILES string of the molecule is CC(C)(C)c1ccc(O)c(/N=C/c2ccc(-c3ccccc3[N+](=O)[O-])o2)c1. The monoisotopic (exact) mass is 364 g/mol. The number of para-hydroxylation sites is 1. The molecule has 2 aromatic carbocycles. The van der Waals surface area contributed by atoms with Gasteiger partial charge in [0.2, 0.25) is 0 Å². The molecule has 0 aliphatic rings. The molecule has 0 radical (unpaired) electrons.